The second-order valence-corrected chi connectivity index (χ2v) is 6.68. The maximum absolute atomic E-state index is 12.6. The first-order valence-corrected chi connectivity index (χ1v) is 8.43. The third kappa shape index (κ3) is 2.64. The molecule has 0 aliphatic rings. The molecule has 0 radical (unpaired) electrons. The zero-order chi connectivity index (χ0) is 17.3. The van der Waals surface area contributed by atoms with E-state index in [2.05, 4.69) is 4.98 Å². The molecule has 0 heterocycles. The van der Waals surface area contributed by atoms with E-state index in [9.17, 15) is 13.5 Å². The molecule has 120 valence electrons. The van der Waals surface area contributed by atoms with E-state index in [1.165, 1.54) is 30.3 Å². The average molecular weight is 340 g/mol. The molecule has 0 bridgehead atoms. The molecule has 0 N–H and O–H groups in total. The van der Waals surface area contributed by atoms with Crippen molar-refractivity contribution in [3.8, 4) is 11.5 Å². The topological polar surface area (TPSA) is 94.6 Å². The van der Waals surface area contributed by atoms with Crippen LogP contribution in [-0.2, 0) is 10.1 Å². The zero-order valence-electron chi connectivity index (χ0n) is 12.6. The minimum absolute atomic E-state index is 0.121. The molecule has 0 aromatic heterocycles. The SMILES string of the molecule is Cc1ccccc1OS(=O)(=O)c1cccc2c([O-])c([N+]#N)ccc12. The highest BCUT2D eigenvalue weighted by Crippen LogP contribution is 2.36. The van der Waals surface area contributed by atoms with Gasteiger partial charge in [-0.15, -0.1) is 0 Å². The average Bonchev–Trinajstić information content (AvgIpc) is 2.57. The first kappa shape index (κ1) is 15.8. The van der Waals surface area contributed by atoms with Crippen molar-refractivity contribution in [3.05, 3.63) is 65.1 Å². The summed E-state index contributed by atoms with van der Waals surface area (Å²) >= 11 is 0. The molecule has 3 rings (SSSR count). The second-order valence-electron chi connectivity index (χ2n) is 5.17. The Hall–Kier alpha value is -3.11. The monoisotopic (exact) mass is 340 g/mol. The van der Waals surface area contributed by atoms with Gasteiger partial charge in [0, 0.05) is 11.5 Å². The number of para-hydroxylation sites is 1. The van der Waals surface area contributed by atoms with Gasteiger partial charge in [0.05, 0.1) is 0 Å². The molecular weight excluding hydrogens is 328 g/mol. The van der Waals surface area contributed by atoms with Gasteiger partial charge in [0.25, 0.3) is 0 Å². The minimum Gasteiger partial charge on any atom is -0.867 e. The summed E-state index contributed by atoms with van der Waals surface area (Å²) in [7, 11) is -4.13. The molecule has 3 aromatic carbocycles. The lowest BCUT2D eigenvalue weighted by Crippen LogP contribution is -2.11. The molecule has 0 amide bonds. The Morgan fingerprint density at radius 3 is 2.46 bits per heavy atom. The van der Waals surface area contributed by atoms with Gasteiger partial charge in [-0.1, -0.05) is 30.3 Å². The highest BCUT2D eigenvalue weighted by molar-refractivity contribution is 7.87. The van der Waals surface area contributed by atoms with Crippen LogP contribution in [0.25, 0.3) is 15.7 Å². The molecule has 0 saturated carbocycles. The highest BCUT2D eigenvalue weighted by Gasteiger charge is 2.22. The summed E-state index contributed by atoms with van der Waals surface area (Å²) in [5, 5.41) is 21.3. The van der Waals surface area contributed by atoms with Crippen LogP contribution in [0.15, 0.2) is 59.5 Å². The van der Waals surface area contributed by atoms with Crippen molar-refractivity contribution >= 4 is 26.6 Å². The fourth-order valence-electron chi connectivity index (χ4n) is 2.40. The summed E-state index contributed by atoms with van der Waals surface area (Å²) in [6.07, 6.45) is 0. The van der Waals surface area contributed by atoms with Gasteiger partial charge in [0.2, 0.25) is 5.39 Å². The summed E-state index contributed by atoms with van der Waals surface area (Å²) in [4.78, 5) is 2.78. The van der Waals surface area contributed by atoms with Crippen molar-refractivity contribution in [1.82, 2.24) is 0 Å². The van der Waals surface area contributed by atoms with Gasteiger partial charge in [0.1, 0.15) is 10.6 Å². The van der Waals surface area contributed by atoms with Crippen molar-refractivity contribution < 1.29 is 17.7 Å². The molecule has 6 nitrogen and oxygen atoms in total. The molecule has 3 aromatic rings. The largest absolute Gasteiger partial charge is 0.867 e. The number of fused-ring (bicyclic) bond motifs is 1. The van der Waals surface area contributed by atoms with Gasteiger partial charge in [-0.3, -0.25) is 0 Å². The number of rotatable bonds is 3. The molecule has 0 spiro atoms. The van der Waals surface area contributed by atoms with Gasteiger partial charge in [-0.25, -0.2) is 0 Å². The maximum Gasteiger partial charge on any atom is 0.378 e. The van der Waals surface area contributed by atoms with Crippen LogP contribution in [0.1, 0.15) is 5.56 Å². The van der Waals surface area contributed by atoms with Crippen LogP contribution in [0.2, 0.25) is 0 Å². The summed E-state index contributed by atoms with van der Waals surface area (Å²) in [6, 6.07) is 13.7. The Labute approximate surface area is 138 Å². The van der Waals surface area contributed by atoms with Crippen LogP contribution in [0.3, 0.4) is 0 Å². The molecule has 0 aliphatic heterocycles. The summed E-state index contributed by atoms with van der Waals surface area (Å²) < 4.78 is 30.5. The summed E-state index contributed by atoms with van der Waals surface area (Å²) in [5.74, 6) is -0.332. The minimum atomic E-state index is -4.13. The lowest BCUT2D eigenvalue weighted by atomic mass is 10.1. The lowest BCUT2D eigenvalue weighted by molar-refractivity contribution is -0.264. The van der Waals surface area contributed by atoms with Crippen LogP contribution < -0.4 is 9.29 Å². The van der Waals surface area contributed by atoms with Crippen LogP contribution in [0.5, 0.6) is 11.5 Å². The van der Waals surface area contributed by atoms with Gasteiger partial charge >= 0.3 is 15.8 Å². The van der Waals surface area contributed by atoms with Crippen molar-refractivity contribution in [3.63, 3.8) is 0 Å². The number of benzene rings is 3. The van der Waals surface area contributed by atoms with Gasteiger partial charge < -0.3 is 9.29 Å². The van der Waals surface area contributed by atoms with Crippen LogP contribution in [-0.4, -0.2) is 8.42 Å². The Balaban J connectivity index is 2.17. The summed E-state index contributed by atoms with van der Waals surface area (Å²) in [6.45, 7) is 1.73. The van der Waals surface area contributed by atoms with E-state index in [-0.39, 0.29) is 27.1 Å². The van der Waals surface area contributed by atoms with Gasteiger partial charge in [0.15, 0.2) is 4.98 Å². The van der Waals surface area contributed by atoms with Crippen LogP contribution >= 0.6 is 0 Å². The first-order chi connectivity index (χ1) is 11.4. The van der Waals surface area contributed by atoms with Gasteiger partial charge in [-0.05, 0) is 41.8 Å². The Kier molecular flexibility index (Phi) is 3.83. The molecule has 0 fully saturated rings. The molecule has 0 atom stereocenters. The zero-order valence-corrected chi connectivity index (χ0v) is 13.4. The molecular formula is C17H12N2O4S. The quantitative estimate of drug-likeness (QED) is 0.537. The standard InChI is InChI=1S/C17H12N2O4S/c1-11-5-2-3-7-15(11)23-24(21,22)16-8-4-6-13-12(16)9-10-14(19-18)17(13)20/h2-10H,1H3. The summed E-state index contributed by atoms with van der Waals surface area (Å²) in [5.41, 5.74) is 0.518. The Bertz CT molecular complexity index is 1090. The Morgan fingerprint density at radius 1 is 1.00 bits per heavy atom. The van der Waals surface area contributed by atoms with Crippen molar-refractivity contribution in [1.29, 1.82) is 5.39 Å². The number of hydrogen-bond donors (Lipinski definition) is 0. The third-order valence-electron chi connectivity index (χ3n) is 3.62. The van der Waals surface area contributed by atoms with Crippen molar-refractivity contribution in [2.75, 3.05) is 0 Å². The molecule has 24 heavy (non-hydrogen) atoms. The van der Waals surface area contributed by atoms with Crippen molar-refractivity contribution in [2.45, 2.75) is 11.8 Å². The molecule has 0 aliphatic carbocycles. The predicted molar refractivity (Wildman–Crippen MR) is 87.1 cm³/mol. The van der Waals surface area contributed by atoms with Crippen LogP contribution in [0, 0.1) is 12.3 Å². The molecule has 7 heteroatoms. The van der Waals surface area contributed by atoms with E-state index in [4.69, 9.17) is 9.58 Å². The number of hydrogen-bond acceptors (Lipinski definition) is 5. The van der Waals surface area contributed by atoms with E-state index >= 15 is 0 Å². The van der Waals surface area contributed by atoms with Crippen LogP contribution in [0.4, 0.5) is 5.69 Å². The highest BCUT2D eigenvalue weighted by atomic mass is 32.2. The Morgan fingerprint density at radius 2 is 1.75 bits per heavy atom. The third-order valence-corrected chi connectivity index (χ3v) is 4.92. The van der Waals surface area contributed by atoms with Gasteiger partial charge in [-0.2, -0.15) is 8.42 Å². The molecule has 0 unspecified atom stereocenters. The predicted octanol–water partition coefficient (Wildman–Crippen LogP) is 3.47. The van der Waals surface area contributed by atoms with E-state index in [1.807, 2.05) is 0 Å². The van der Waals surface area contributed by atoms with Crippen molar-refractivity contribution in [2.24, 2.45) is 0 Å². The van der Waals surface area contributed by atoms with E-state index in [0.717, 1.165) is 0 Å². The number of aryl methyl sites for hydroxylation is 1. The van der Waals surface area contributed by atoms with E-state index in [1.54, 1.807) is 31.2 Å². The number of diazo groups is 1. The van der Waals surface area contributed by atoms with E-state index in [0.29, 0.717) is 5.56 Å². The second kappa shape index (κ2) is 5.83. The first-order valence-electron chi connectivity index (χ1n) is 7.02. The number of nitrogens with zero attached hydrogens (tertiary/aromatic N) is 2. The smallest absolute Gasteiger partial charge is 0.378 e. The fourth-order valence-corrected chi connectivity index (χ4v) is 3.61. The van der Waals surface area contributed by atoms with E-state index < -0.39 is 15.9 Å². The molecule has 0 saturated heterocycles. The lowest BCUT2D eigenvalue weighted by Gasteiger charge is -2.13. The normalized spacial score (nSPS) is 11.2. The fraction of sp³-hybridized carbons (Fsp3) is 0.0588. The maximum atomic E-state index is 12.6.